The Labute approximate surface area is 114 Å². The van der Waals surface area contributed by atoms with E-state index in [-0.39, 0.29) is 16.8 Å². The van der Waals surface area contributed by atoms with Gasteiger partial charge in [0, 0.05) is 6.20 Å². The van der Waals surface area contributed by atoms with E-state index in [0.29, 0.717) is 5.56 Å². The SMILES string of the molecule is Cc1ccc(C(=O)Nc2cnccc2C(=O)O)c(F)c1. The molecule has 6 heteroatoms. The highest BCUT2D eigenvalue weighted by molar-refractivity contribution is 6.07. The van der Waals surface area contributed by atoms with Crippen LogP contribution < -0.4 is 5.32 Å². The summed E-state index contributed by atoms with van der Waals surface area (Å²) >= 11 is 0. The van der Waals surface area contributed by atoms with E-state index in [1.54, 1.807) is 13.0 Å². The van der Waals surface area contributed by atoms with Gasteiger partial charge >= 0.3 is 5.97 Å². The molecule has 5 nitrogen and oxygen atoms in total. The Morgan fingerprint density at radius 1 is 1.25 bits per heavy atom. The monoisotopic (exact) mass is 274 g/mol. The molecule has 2 N–H and O–H groups in total. The summed E-state index contributed by atoms with van der Waals surface area (Å²) in [5.74, 6) is -2.59. The van der Waals surface area contributed by atoms with Gasteiger partial charge in [0.25, 0.3) is 5.91 Å². The zero-order valence-corrected chi connectivity index (χ0v) is 10.6. The Kier molecular flexibility index (Phi) is 3.74. The van der Waals surface area contributed by atoms with Gasteiger partial charge in [-0.2, -0.15) is 0 Å². The maximum absolute atomic E-state index is 13.7. The number of carboxylic acid groups (broad SMARTS) is 1. The van der Waals surface area contributed by atoms with Crippen molar-refractivity contribution in [2.75, 3.05) is 5.32 Å². The molecule has 2 aromatic rings. The number of carboxylic acids is 1. The number of benzene rings is 1. The number of pyridine rings is 1. The van der Waals surface area contributed by atoms with Gasteiger partial charge in [0.15, 0.2) is 0 Å². The average molecular weight is 274 g/mol. The van der Waals surface area contributed by atoms with Gasteiger partial charge < -0.3 is 10.4 Å². The van der Waals surface area contributed by atoms with E-state index in [1.165, 1.54) is 30.6 Å². The van der Waals surface area contributed by atoms with Crippen molar-refractivity contribution in [2.45, 2.75) is 6.92 Å². The normalized spacial score (nSPS) is 10.1. The lowest BCUT2D eigenvalue weighted by atomic mass is 10.1. The standard InChI is InChI=1S/C14H11FN2O3/c1-8-2-3-9(11(15)6-8)13(18)17-12-7-16-5-4-10(12)14(19)20/h2-7H,1H3,(H,17,18)(H,19,20). The first-order valence-corrected chi connectivity index (χ1v) is 5.74. The summed E-state index contributed by atoms with van der Waals surface area (Å²) in [6.07, 6.45) is 2.50. The van der Waals surface area contributed by atoms with Gasteiger partial charge in [-0.3, -0.25) is 9.78 Å². The highest BCUT2D eigenvalue weighted by Gasteiger charge is 2.16. The number of aryl methyl sites for hydroxylation is 1. The lowest BCUT2D eigenvalue weighted by molar-refractivity contribution is 0.0698. The number of nitrogens with zero attached hydrogens (tertiary/aromatic N) is 1. The fourth-order valence-electron chi connectivity index (χ4n) is 1.67. The maximum atomic E-state index is 13.7. The van der Waals surface area contributed by atoms with Crippen molar-refractivity contribution in [1.29, 1.82) is 0 Å². The molecule has 102 valence electrons. The number of rotatable bonds is 3. The van der Waals surface area contributed by atoms with Crippen molar-refractivity contribution in [2.24, 2.45) is 0 Å². The van der Waals surface area contributed by atoms with Crippen molar-refractivity contribution in [1.82, 2.24) is 4.98 Å². The van der Waals surface area contributed by atoms with Crippen LogP contribution in [0.1, 0.15) is 26.3 Å². The van der Waals surface area contributed by atoms with Crippen LogP contribution >= 0.6 is 0 Å². The summed E-state index contributed by atoms with van der Waals surface area (Å²) in [5, 5.41) is 11.3. The number of carbonyl (C=O) groups is 2. The fraction of sp³-hybridized carbons (Fsp3) is 0.0714. The molecule has 0 fully saturated rings. The summed E-state index contributed by atoms with van der Waals surface area (Å²) in [6, 6.07) is 5.43. The predicted octanol–water partition coefficient (Wildman–Crippen LogP) is 2.48. The minimum atomic E-state index is -1.20. The molecule has 0 aliphatic rings. The number of aromatic nitrogens is 1. The summed E-state index contributed by atoms with van der Waals surface area (Å²) in [6.45, 7) is 1.70. The molecule has 0 bridgehead atoms. The smallest absolute Gasteiger partial charge is 0.337 e. The third-order valence-electron chi connectivity index (χ3n) is 2.67. The molecule has 0 unspecified atom stereocenters. The minimum absolute atomic E-state index is 0.0185. The number of amides is 1. The summed E-state index contributed by atoms with van der Waals surface area (Å²) in [5.41, 5.74) is 0.438. The Morgan fingerprint density at radius 3 is 2.65 bits per heavy atom. The first kappa shape index (κ1) is 13.7. The third-order valence-corrected chi connectivity index (χ3v) is 2.67. The molecule has 0 saturated heterocycles. The minimum Gasteiger partial charge on any atom is -0.478 e. The molecule has 0 aliphatic heterocycles. The first-order chi connectivity index (χ1) is 9.49. The number of carbonyl (C=O) groups excluding carboxylic acids is 1. The number of halogens is 1. The van der Waals surface area contributed by atoms with Crippen LogP contribution in [0.2, 0.25) is 0 Å². The van der Waals surface area contributed by atoms with Crippen LogP contribution in [-0.2, 0) is 0 Å². The van der Waals surface area contributed by atoms with E-state index >= 15 is 0 Å². The van der Waals surface area contributed by atoms with Gasteiger partial charge in [0.05, 0.1) is 23.0 Å². The molecular formula is C14H11FN2O3. The summed E-state index contributed by atoms with van der Waals surface area (Å²) in [4.78, 5) is 26.7. The lowest BCUT2D eigenvalue weighted by Gasteiger charge is -2.08. The quantitative estimate of drug-likeness (QED) is 0.901. The van der Waals surface area contributed by atoms with Gasteiger partial charge in [-0.1, -0.05) is 6.07 Å². The molecule has 1 heterocycles. The number of aromatic carboxylic acids is 1. The van der Waals surface area contributed by atoms with Crippen LogP contribution in [0.15, 0.2) is 36.7 Å². The second-order valence-electron chi connectivity index (χ2n) is 4.16. The largest absolute Gasteiger partial charge is 0.478 e. The summed E-state index contributed by atoms with van der Waals surface area (Å²) < 4.78 is 13.7. The zero-order chi connectivity index (χ0) is 14.7. The second kappa shape index (κ2) is 5.48. The molecule has 0 saturated carbocycles. The second-order valence-corrected chi connectivity index (χ2v) is 4.16. The van der Waals surface area contributed by atoms with E-state index in [1.807, 2.05) is 0 Å². The molecule has 1 amide bonds. The molecule has 0 aliphatic carbocycles. The highest BCUT2D eigenvalue weighted by Crippen LogP contribution is 2.16. The van der Waals surface area contributed by atoms with Crippen molar-refractivity contribution in [3.05, 3.63) is 59.2 Å². The fourth-order valence-corrected chi connectivity index (χ4v) is 1.67. The van der Waals surface area contributed by atoms with Crippen LogP contribution in [0.3, 0.4) is 0 Å². The average Bonchev–Trinajstić information content (AvgIpc) is 2.38. The number of anilines is 1. The van der Waals surface area contributed by atoms with E-state index in [2.05, 4.69) is 10.3 Å². The van der Waals surface area contributed by atoms with E-state index in [4.69, 9.17) is 5.11 Å². The topological polar surface area (TPSA) is 79.3 Å². The molecule has 20 heavy (non-hydrogen) atoms. The molecule has 2 rings (SSSR count). The van der Waals surface area contributed by atoms with Gasteiger partial charge in [-0.15, -0.1) is 0 Å². The Morgan fingerprint density at radius 2 is 2.00 bits per heavy atom. The molecular weight excluding hydrogens is 263 g/mol. The lowest BCUT2D eigenvalue weighted by Crippen LogP contribution is -2.16. The first-order valence-electron chi connectivity index (χ1n) is 5.74. The number of hydrogen-bond acceptors (Lipinski definition) is 3. The van der Waals surface area contributed by atoms with Crippen molar-refractivity contribution >= 4 is 17.6 Å². The van der Waals surface area contributed by atoms with Crippen LogP contribution in [-0.4, -0.2) is 22.0 Å². The highest BCUT2D eigenvalue weighted by atomic mass is 19.1. The van der Waals surface area contributed by atoms with Crippen LogP contribution in [0.4, 0.5) is 10.1 Å². The summed E-state index contributed by atoms with van der Waals surface area (Å²) in [7, 11) is 0. The third kappa shape index (κ3) is 2.80. The van der Waals surface area contributed by atoms with E-state index in [0.717, 1.165) is 0 Å². The van der Waals surface area contributed by atoms with Crippen molar-refractivity contribution in [3.8, 4) is 0 Å². The molecule has 1 aromatic heterocycles. The van der Waals surface area contributed by atoms with Crippen LogP contribution in [0.25, 0.3) is 0 Å². The molecule has 0 atom stereocenters. The molecule has 0 spiro atoms. The predicted molar refractivity (Wildman–Crippen MR) is 70.3 cm³/mol. The van der Waals surface area contributed by atoms with Gasteiger partial charge in [-0.25, -0.2) is 9.18 Å². The number of hydrogen-bond donors (Lipinski definition) is 2. The Bertz CT molecular complexity index is 686. The van der Waals surface area contributed by atoms with Gasteiger partial charge in [0.1, 0.15) is 5.82 Å². The maximum Gasteiger partial charge on any atom is 0.337 e. The van der Waals surface area contributed by atoms with Crippen LogP contribution in [0.5, 0.6) is 0 Å². The Hall–Kier alpha value is -2.76. The van der Waals surface area contributed by atoms with Crippen LogP contribution in [0, 0.1) is 12.7 Å². The van der Waals surface area contributed by atoms with Crippen molar-refractivity contribution in [3.63, 3.8) is 0 Å². The van der Waals surface area contributed by atoms with Gasteiger partial charge in [-0.05, 0) is 30.7 Å². The van der Waals surface area contributed by atoms with Gasteiger partial charge in [0.2, 0.25) is 0 Å². The number of nitrogens with one attached hydrogen (secondary N) is 1. The molecule has 0 radical (unpaired) electrons. The van der Waals surface area contributed by atoms with E-state index < -0.39 is 17.7 Å². The molecule has 1 aromatic carbocycles. The van der Waals surface area contributed by atoms with Crippen molar-refractivity contribution < 1.29 is 19.1 Å². The Balaban J connectivity index is 2.30. The zero-order valence-electron chi connectivity index (χ0n) is 10.6. The van der Waals surface area contributed by atoms with E-state index in [9.17, 15) is 14.0 Å².